The quantitative estimate of drug-likeness (QED) is 0.827. The number of carbonyl (C=O) groups excluding carboxylic acids is 1. The van der Waals surface area contributed by atoms with Gasteiger partial charge in [0.05, 0.1) is 18.7 Å². The maximum Gasteiger partial charge on any atom is 0.183 e. The first kappa shape index (κ1) is 14.1. The second-order valence-electron chi connectivity index (χ2n) is 5.29. The lowest BCUT2D eigenvalue weighted by Crippen LogP contribution is -2.42. The van der Waals surface area contributed by atoms with E-state index >= 15 is 0 Å². The predicted molar refractivity (Wildman–Crippen MR) is 76.8 cm³/mol. The monoisotopic (exact) mass is 261 g/mol. The normalized spacial score (nSPS) is 18.0. The van der Waals surface area contributed by atoms with Gasteiger partial charge in [-0.25, -0.2) is 0 Å². The number of rotatable bonds is 5. The number of nitrogens with one attached hydrogen (secondary N) is 1. The number of methoxy groups -OCH3 is 1. The maximum atomic E-state index is 12.5. The van der Waals surface area contributed by atoms with E-state index in [0.29, 0.717) is 17.4 Å². The van der Waals surface area contributed by atoms with Crippen molar-refractivity contribution in [2.24, 2.45) is 0 Å². The molecule has 19 heavy (non-hydrogen) atoms. The van der Waals surface area contributed by atoms with Crippen LogP contribution in [0.15, 0.2) is 24.3 Å². The van der Waals surface area contributed by atoms with E-state index in [1.165, 1.54) is 32.1 Å². The minimum Gasteiger partial charge on any atom is -0.496 e. The average Bonchev–Trinajstić information content (AvgIpc) is 2.47. The van der Waals surface area contributed by atoms with Gasteiger partial charge in [-0.2, -0.15) is 0 Å². The molecule has 3 nitrogen and oxygen atoms in total. The van der Waals surface area contributed by atoms with E-state index in [1.807, 2.05) is 31.2 Å². The maximum absolute atomic E-state index is 12.5. The minimum absolute atomic E-state index is 0.114. The van der Waals surface area contributed by atoms with E-state index in [0.717, 1.165) is 0 Å². The van der Waals surface area contributed by atoms with E-state index in [1.54, 1.807) is 7.11 Å². The van der Waals surface area contributed by atoms with Gasteiger partial charge in [-0.05, 0) is 31.9 Å². The molecule has 1 aliphatic rings. The molecular formula is C16H23NO2. The Balaban J connectivity index is 2.01. The molecule has 0 bridgehead atoms. The lowest BCUT2D eigenvalue weighted by atomic mass is 9.94. The highest BCUT2D eigenvalue weighted by Crippen LogP contribution is 2.21. The Bertz CT molecular complexity index is 425. The molecule has 0 radical (unpaired) electrons. The summed E-state index contributed by atoms with van der Waals surface area (Å²) >= 11 is 0. The summed E-state index contributed by atoms with van der Waals surface area (Å²) in [7, 11) is 1.60. The Hall–Kier alpha value is -1.35. The summed E-state index contributed by atoms with van der Waals surface area (Å²) in [6.07, 6.45) is 6.24. The number of carbonyl (C=O) groups is 1. The van der Waals surface area contributed by atoms with Crippen molar-refractivity contribution < 1.29 is 9.53 Å². The van der Waals surface area contributed by atoms with Crippen LogP contribution in [0.3, 0.4) is 0 Å². The van der Waals surface area contributed by atoms with Gasteiger partial charge in [0, 0.05) is 6.04 Å². The first-order valence-corrected chi connectivity index (χ1v) is 7.15. The van der Waals surface area contributed by atoms with Crippen molar-refractivity contribution in [3.05, 3.63) is 29.8 Å². The van der Waals surface area contributed by atoms with Crippen LogP contribution in [0.25, 0.3) is 0 Å². The SMILES string of the molecule is COc1ccccc1C(=O)C(C)NC1CCCCC1. The molecule has 1 saturated carbocycles. The van der Waals surface area contributed by atoms with E-state index in [4.69, 9.17) is 4.74 Å². The van der Waals surface area contributed by atoms with E-state index < -0.39 is 0 Å². The van der Waals surface area contributed by atoms with Crippen molar-refractivity contribution in [3.63, 3.8) is 0 Å². The molecule has 1 unspecified atom stereocenters. The summed E-state index contributed by atoms with van der Waals surface area (Å²) in [5, 5.41) is 3.46. The van der Waals surface area contributed by atoms with Gasteiger partial charge in [-0.1, -0.05) is 31.4 Å². The zero-order chi connectivity index (χ0) is 13.7. The third-order valence-corrected chi connectivity index (χ3v) is 3.86. The molecule has 0 saturated heterocycles. The molecule has 1 aromatic carbocycles. The van der Waals surface area contributed by atoms with Crippen molar-refractivity contribution in [2.75, 3.05) is 7.11 Å². The van der Waals surface area contributed by atoms with Crippen molar-refractivity contribution in [1.82, 2.24) is 5.32 Å². The number of ether oxygens (including phenoxy) is 1. The predicted octanol–water partition coefficient (Wildman–Crippen LogP) is 3.19. The molecule has 1 fully saturated rings. The van der Waals surface area contributed by atoms with Crippen molar-refractivity contribution >= 4 is 5.78 Å². The molecule has 3 heteroatoms. The fraction of sp³-hybridized carbons (Fsp3) is 0.562. The lowest BCUT2D eigenvalue weighted by Gasteiger charge is -2.26. The van der Waals surface area contributed by atoms with Gasteiger partial charge in [0.2, 0.25) is 0 Å². The molecule has 1 atom stereocenters. The zero-order valence-corrected chi connectivity index (χ0v) is 11.8. The van der Waals surface area contributed by atoms with Crippen LogP contribution in [0.1, 0.15) is 49.4 Å². The van der Waals surface area contributed by atoms with Gasteiger partial charge < -0.3 is 10.1 Å². The average molecular weight is 261 g/mol. The van der Waals surface area contributed by atoms with Crippen LogP contribution in [0.4, 0.5) is 0 Å². The molecule has 1 aromatic rings. The molecule has 1 N–H and O–H groups in total. The summed E-state index contributed by atoms with van der Waals surface area (Å²) in [6, 6.07) is 7.76. The Kier molecular flexibility index (Phi) is 4.97. The second-order valence-corrected chi connectivity index (χ2v) is 5.29. The largest absolute Gasteiger partial charge is 0.496 e. The third-order valence-electron chi connectivity index (χ3n) is 3.86. The van der Waals surface area contributed by atoms with E-state index in [2.05, 4.69) is 5.32 Å². The standard InChI is InChI=1S/C16H23NO2/c1-12(17-13-8-4-3-5-9-13)16(18)14-10-6-7-11-15(14)19-2/h6-7,10-13,17H,3-5,8-9H2,1-2H3. The zero-order valence-electron chi connectivity index (χ0n) is 11.8. The first-order valence-electron chi connectivity index (χ1n) is 7.15. The van der Waals surface area contributed by atoms with E-state index in [-0.39, 0.29) is 11.8 Å². The van der Waals surface area contributed by atoms with Gasteiger partial charge in [-0.15, -0.1) is 0 Å². The third kappa shape index (κ3) is 3.57. The summed E-state index contributed by atoms with van der Waals surface area (Å²) in [5.74, 6) is 0.771. The number of hydrogen-bond acceptors (Lipinski definition) is 3. The Morgan fingerprint density at radius 2 is 1.95 bits per heavy atom. The van der Waals surface area contributed by atoms with Gasteiger partial charge in [0.15, 0.2) is 5.78 Å². The first-order chi connectivity index (χ1) is 9.22. The van der Waals surface area contributed by atoms with E-state index in [9.17, 15) is 4.79 Å². The van der Waals surface area contributed by atoms with Crippen LogP contribution < -0.4 is 10.1 Å². The summed E-state index contributed by atoms with van der Waals surface area (Å²) < 4.78 is 5.26. The Labute approximate surface area is 115 Å². The highest BCUT2D eigenvalue weighted by atomic mass is 16.5. The Morgan fingerprint density at radius 1 is 1.26 bits per heavy atom. The molecule has 0 aliphatic heterocycles. The van der Waals surface area contributed by atoms with Crippen LogP contribution in [0, 0.1) is 0 Å². The topological polar surface area (TPSA) is 38.3 Å². The second kappa shape index (κ2) is 6.71. The van der Waals surface area contributed by atoms with Crippen LogP contribution in [0.2, 0.25) is 0 Å². The molecule has 2 rings (SSSR count). The molecule has 104 valence electrons. The molecule has 0 spiro atoms. The molecular weight excluding hydrogens is 238 g/mol. The summed E-state index contributed by atoms with van der Waals surface area (Å²) in [6.45, 7) is 1.95. The number of Topliss-reactive ketones (excluding diaryl/α,β-unsaturated/α-hetero) is 1. The summed E-state index contributed by atoms with van der Waals surface area (Å²) in [4.78, 5) is 12.5. The Morgan fingerprint density at radius 3 is 2.63 bits per heavy atom. The summed E-state index contributed by atoms with van der Waals surface area (Å²) in [5.41, 5.74) is 0.667. The van der Waals surface area contributed by atoms with Gasteiger partial charge >= 0.3 is 0 Å². The molecule has 0 aromatic heterocycles. The highest BCUT2D eigenvalue weighted by molar-refractivity contribution is 6.02. The van der Waals surface area contributed by atoms with Gasteiger partial charge in [-0.3, -0.25) is 4.79 Å². The fourth-order valence-electron chi connectivity index (χ4n) is 2.78. The molecule has 1 aliphatic carbocycles. The smallest absolute Gasteiger partial charge is 0.183 e. The number of para-hydroxylation sites is 1. The number of ketones is 1. The van der Waals surface area contributed by atoms with Crippen LogP contribution >= 0.6 is 0 Å². The minimum atomic E-state index is -0.153. The highest BCUT2D eigenvalue weighted by Gasteiger charge is 2.22. The van der Waals surface area contributed by atoms with Crippen molar-refractivity contribution in [2.45, 2.75) is 51.1 Å². The van der Waals surface area contributed by atoms with Crippen LogP contribution in [-0.2, 0) is 0 Å². The number of hydrogen-bond donors (Lipinski definition) is 1. The molecule has 0 heterocycles. The fourth-order valence-corrected chi connectivity index (χ4v) is 2.78. The van der Waals surface area contributed by atoms with Crippen molar-refractivity contribution in [1.29, 1.82) is 0 Å². The van der Waals surface area contributed by atoms with Crippen LogP contribution in [-0.4, -0.2) is 25.0 Å². The van der Waals surface area contributed by atoms with Gasteiger partial charge in [0.1, 0.15) is 5.75 Å². The van der Waals surface area contributed by atoms with Crippen LogP contribution in [0.5, 0.6) is 5.75 Å². The number of benzene rings is 1. The van der Waals surface area contributed by atoms with Gasteiger partial charge in [0.25, 0.3) is 0 Å². The lowest BCUT2D eigenvalue weighted by molar-refractivity contribution is 0.0937. The van der Waals surface area contributed by atoms with Crippen molar-refractivity contribution in [3.8, 4) is 5.75 Å². The molecule has 0 amide bonds.